The van der Waals surface area contributed by atoms with Crippen LogP contribution in [0, 0.1) is 17.2 Å². The van der Waals surface area contributed by atoms with Crippen LogP contribution in [0.4, 0.5) is 5.69 Å². The number of piperidine rings is 2. The summed E-state index contributed by atoms with van der Waals surface area (Å²) in [6, 6.07) is 9.25. The summed E-state index contributed by atoms with van der Waals surface area (Å²) in [4.78, 5) is 17.1. The number of carbonyl (C=O) groups excluding carboxylic acids is 1. The van der Waals surface area contributed by atoms with Crippen LogP contribution in [-0.2, 0) is 4.79 Å². The van der Waals surface area contributed by atoms with E-state index in [0.29, 0.717) is 5.56 Å². The first-order chi connectivity index (χ1) is 11.6. The van der Waals surface area contributed by atoms with Gasteiger partial charge in [-0.3, -0.25) is 9.69 Å². The fourth-order valence-corrected chi connectivity index (χ4v) is 3.88. The number of benzene rings is 1. The van der Waals surface area contributed by atoms with E-state index in [9.17, 15) is 9.90 Å². The summed E-state index contributed by atoms with van der Waals surface area (Å²) in [6.07, 6.45) is 3.62. The smallest absolute Gasteiger partial charge is 0.244 e. The summed E-state index contributed by atoms with van der Waals surface area (Å²) in [7, 11) is 0. The Morgan fingerprint density at radius 3 is 2.58 bits per heavy atom. The van der Waals surface area contributed by atoms with Gasteiger partial charge in [-0.15, -0.1) is 0 Å². The molecule has 1 N–H and O–H groups in total. The molecular weight excluding hydrogens is 302 g/mol. The Morgan fingerprint density at radius 2 is 1.92 bits per heavy atom. The Kier molecular flexibility index (Phi) is 5.17. The van der Waals surface area contributed by atoms with Crippen molar-refractivity contribution in [1.82, 2.24) is 4.90 Å². The lowest BCUT2D eigenvalue weighted by Gasteiger charge is -2.42. The van der Waals surface area contributed by atoms with Crippen LogP contribution >= 0.6 is 0 Å². The molecule has 5 heteroatoms. The van der Waals surface area contributed by atoms with Gasteiger partial charge in [0.25, 0.3) is 0 Å². The lowest BCUT2D eigenvalue weighted by atomic mass is 9.90. The van der Waals surface area contributed by atoms with Crippen LogP contribution in [0.15, 0.2) is 24.3 Å². The number of rotatable bonds is 3. The summed E-state index contributed by atoms with van der Waals surface area (Å²) in [5, 5.41) is 18.8. The molecular formula is C19H25N3O2. The van der Waals surface area contributed by atoms with E-state index in [1.807, 2.05) is 24.0 Å². The van der Waals surface area contributed by atoms with Crippen molar-refractivity contribution in [2.24, 2.45) is 5.92 Å². The maximum Gasteiger partial charge on any atom is 0.244 e. The Morgan fingerprint density at radius 1 is 1.21 bits per heavy atom. The number of nitriles is 1. The molecule has 0 radical (unpaired) electrons. The van der Waals surface area contributed by atoms with Gasteiger partial charge in [-0.25, -0.2) is 0 Å². The minimum absolute atomic E-state index is 0.0871. The zero-order valence-electron chi connectivity index (χ0n) is 14.2. The Balaban J connectivity index is 1.73. The molecule has 2 fully saturated rings. The van der Waals surface area contributed by atoms with Crippen LogP contribution in [0.3, 0.4) is 0 Å². The van der Waals surface area contributed by atoms with Crippen molar-refractivity contribution in [2.75, 3.05) is 24.5 Å². The minimum Gasteiger partial charge on any atom is -0.393 e. The van der Waals surface area contributed by atoms with Gasteiger partial charge in [0, 0.05) is 18.8 Å². The van der Waals surface area contributed by atoms with Crippen molar-refractivity contribution in [2.45, 2.75) is 44.8 Å². The van der Waals surface area contributed by atoms with Gasteiger partial charge < -0.3 is 10.0 Å². The summed E-state index contributed by atoms with van der Waals surface area (Å²) >= 11 is 0. The molecule has 5 nitrogen and oxygen atoms in total. The van der Waals surface area contributed by atoms with E-state index < -0.39 is 0 Å². The van der Waals surface area contributed by atoms with Crippen LogP contribution in [0.25, 0.3) is 0 Å². The maximum atomic E-state index is 13.0. The van der Waals surface area contributed by atoms with Gasteiger partial charge in [0.1, 0.15) is 0 Å². The lowest BCUT2D eigenvalue weighted by Crippen LogP contribution is -2.55. The van der Waals surface area contributed by atoms with Crippen LogP contribution in [0.5, 0.6) is 0 Å². The molecule has 2 aliphatic heterocycles. The normalized spacial score (nSPS) is 26.9. The number of anilines is 1. The van der Waals surface area contributed by atoms with E-state index >= 15 is 0 Å². The number of likely N-dealkylation sites (tertiary alicyclic amines) is 1. The van der Waals surface area contributed by atoms with Crippen molar-refractivity contribution >= 4 is 11.6 Å². The van der Waals surface area contributed by atoms with Gasteiger partial charge in [0.05, 0.1) is 23.8 Å². The molecule has 1 amide bonds. The highest BCUT2D eigenvalue weighted by molar-refractivity contribution is 5.98. The molecule has 0 aliphatic carbocycles. The fourth-order valence-electron chi connectivity index (χ4n) is 3.88. The summed E-state index contributed by atoms with van der Waals surface area (Å²) in [6.45, 7) is 4.31. The van der Waals surface area contributed by atoms with E-state index in [4.69, 9.17) is 5.26 Å². The zero-order chi connectivity index (χ0) is 17.1. The molecule has 3 rings (SSSR count). The third-order valence-electron chi connectivity index (χ3n) is 5.33. The molecule has 2 aliphatic rings. The summed E-state index contributed by atoms with van der Waals surface area (Å²) in [5.74, 6) is 0.411. The highest BCUT2D eigenvalue weighted by atomic mass is 16.3. The highest BCUT2D eigenvalue weighted by Crippen LogP contribution is 2.28. The van der Waals surface area contributed by atoms with Crippen LogP contribution < -0.4 is 4.90 Å². The predicted octanol–water partition coefficient (Wildman–Crippen LogP) is 2.15. The average molecular weight is 327 g/mol. The van der Waals surface area contributed by atoms with E-state index in [1.165, 1.54) is 0 Å². The van der Waals surface area contributed by atoms with Crippen molar-refractivity contribution < 1.29 is 9.90 Å². The van der Waals surface area contributed by atoms with Gasteiger partial charge in [-0.05, 0) is 69.3 Å². The molecule has 3 atom stereocenters. The van der Waals surface area contributed by atoms with Crippen LogP contribution in [0.1, 0.15) is 38.2 Å². The first-order valence-corrected chi connectivity index (χ1v) is 8.84. The Bertz CT molecular complexity index is 620. The van der Waals surface area contributed by atoms with E-state index in [2.05, 4.69) is 11.0 Å². The molecule has 2 saturated heterocycles. The van der Waals surface area contributed by atoms with Crippen molar-refractivity contribution in [3.63, 3.8) is 0 Å². The van der Waals surface area contributed by atoms with Crippen molar-refractivity contribution in [3.8, 4) is 6.07 Å². The van der Waals surface area contributed by atoms with Crippen molar-refractivity contribution in [1.29, 1.82) is 5.26 Å². The van der Waals surface area contributed by atoms with Gasteiger partial charge in [0.2, 0.25) is 5.91 Å². The van der Waals surface area contributed by atoms with E-state index in [-0.39, 0.29) is 24.0 Å². The standard InChI is InChI=1S/C19H25N3O2/c1-14(23)16-4-2-10-21(13-16)18-5-3-11-22(19(18)24)17-8-6-15(12-20)7-9-17/h6-9,14,16,18,23H,2-5,10-11,13H2,1H3/t14-,16+,18-/m0/s1. The van der Waals surface area contributed by atoms with Crippen molar-refractivity contribution in [3.05, 3.63) is 29.8 Å². The molecule has 1 aromatic rings. The second kappa shape index (κ2) is 7.33. The summed E-state index contributed by atoms with van der Waals surface area (Å²) in [5.41, 5.74) is 1.48. The number of hydrogen-bond donors (Lipinski definition) is 1. The minimum atomic E-state index is -0.318. The number of amides is 1. The zero-order valence-corrected chi connectivity index (χ0v) is 14.2. The number of aliphatic hydroxyl groups excluding tert-OH is 1. The van der Waals surface area contributed by atoms with Crippen LogP contribution in [0.2, 0.25) is 0 Å². The first kappa shape index (κ1) is 16.9. The molecule has 128 valence electrons. The second-order valence-corrected chi connectivity index (χ2v) is 6.94. The highest BCUT2D eigenvalue weighted by Gasteiger charge is 2.36. The molecule has 2 heterocycles. The van der Waals surface area contributed by atoms with Gasteiger partial charge >= 0.3 is 0 Å². The maximum absolute atomic E-state index is 13.0. The number of carbonyl (C=O) groups is 1. The van der Waals surface area contributed by atoms with Gasteiger partial charge in [-0.1, -0.05) is 0 Å². The summed E-state index contributed by atoms with van der Waals surface area (Å²) < 4.78 is 0. The Labute approximate surface area is 143 Å². The SMILES string of the molecule is C[C@H](O)[C@@H]1CCCN([C@H]2CCCN(c3ccc(C#N)cc3)C2=O)C1. The number of aliphatic hydroxyl groups is 1. The van der Waals surface area contributed by atoms with E-state index in [0.717, 1.165) is 51.0 Å². The molecule has 1 aromatic carbocycles. The topological polar surface area (TPSA) is 67.6 Å². The largest absolute Gasteiger partial charge is 0.393 e. The van der Waals surface area contributed by atoms with Gasteiger partial charge in [0.15, 0.2) is 0 Å². The third kappa shape index (κ3) is 3.45. The quantitative estimate of drug-likeness (QED) is 0.924. The molecule has 0 bridgehead atoms. The van der Waals surface area contributed by atoms with Gasteiger partial charge in [-0.2, -0.15) is 5.26 Å². The third-order valence-corrected chi connectivity index (χ3v) is 5.33. The second-order valence-electron chi connectivity index (χ2n) is 6.94. The number of nitrogens with zero attached hydrogens (tertiary/aromatic N) is 3. The molecule has 24 heavy (non-hydrogen) atoms. The average Bonchev–Trinajstić information content (AvgIpc) is 2.62. The molecule has 0 unspecified atom stereocenters. The molecule has 0 spiro atoms. The fraction of sp³-hybridized carbons (Fsp3) is 0.579. The molecule has 0 aromatic heterocycles. The number of hydrogen-bond acceptors (Lipinski definition) is 4. The monoisotopic (exact) mass is 327 g/mol. The predicted molar refractivity (Wildman–Crippen MR) is 92.5 cm³/mol. The molecule has 0 saturated carbocycles. The van der Waals surface area contributed by atoms with Crippen LogP contribution in [-0.4, -0.2) is 47.7 Å². The first-order valence-electron chi connectivity index (χ1n) is 8.84. The lowest BCUT2D eigenvalue weighted by molar-refractivity contribution is -0.126. The van der Waals surface area contributed by atoms with E-state index in [1.54, 1.807) is 12.1 Å². The Hall–Kier alpha value is -1.90.